The minimum atomic E-state index is -0.973. The van der Waals surface area contributed by atoms with Crippen LogP contribution in [0.2, 0.25) is 0 Å². The minimum absolute atomic E-state index is 0.202. The largest absolute Gasteiger partial charge is 0.480 e. The summed E-state index contributed by atoms with van der Waals surface area (Å²) in [7, 11) is 0. The van der Waals surface area contributed by atoms with Gasteiger partial charge in [0.05, 0.1) is 0 Å². The lowest BCUT2D eigenvalue weighted by molar-refractivity contribution is -0.142. The van der Waals surface area contributed by atoms with E-state index in [4.69, 9.17) is 5.11 Å². The molecule has 18 heavy (non-hydrogen) atoms. The predicted molar refractivity (Wildman–Crippen MR) is 75.8 cm³/mol. The van der Waals surface area contributed by atoms with E-state index in [1.165, 1.54) is 0 Å². The highest BCUT2D eigenvalue weighted by Crippen LogP contribution is 2.14. The SMILES string of the molecule is CC(C)CC(CS)C(=O)NC(CC(C)C)C(=O)O. The molecule has 0 spiro atoms. The van der Waals surface area contributed by atoms with Crippen molar-refractivity contribution in [2.45, 2.75) is 46.6 Å². The van der Waals surface area contributed by atoms with Gasteiger partial charge in [-0.25, -0.2) is 4.79 Å². The number of hydrogen-bond acceptors (Lipinski definition) is 3. The van der Waals surface area contributed by atoms with Gasteiger partial charge in [0.25, 0.3) is 0 Å². The van der Waals surface area contributed by atoms with Crippen LogP contribution in [-0.2, 0) is 9.59 Å². The number of nitrogens with one attached hydrogen (secondary N) is 1. The lowest BCUT2D eigenvalue weighted by atomic mass is 9.96. The van der Waals surface area contributed by atoms with Crippen LogP contribution in [-0.4, -0.2) is 28.8 Å². The summed E-state index contributed by atoms with van der Waals surface area (Å²) in [5.74, 6) is -0.335. The summed E-state index contributed by atoms with van der Waals surface area (Å²) >= 11 is 4.17. The summed E-state index contributed by atoms with van der Waals surface area (Å²) in [5, 5.41) is 11.7. The fraction of sp³-hybridized carbons (Fsp3) is 0.846. The minimum Gasteiger partial charge on any atom is -0.480 e. The van der Waals surface area contributed by atoms with Gasteiger partial charge in [0, 0.05) is 11.7 Å². The van der Waals surface area contributed by atoms with Gasteiger partial charge in [-0.05, 0) is 24.7 Å². The Morgan fingerprint density at radius 1 is 1.11 bits per heavy atom. The molecule has 0 radical (unpaired) electrons. The van der Waals surface area contributed by atoms with Gasteiger partial charge in [-0.15, -0.1) is 0 Å². The summed E-state index contributed by atoms with van der Waals surface area (Å²) in [6.07, 6.45) is 1.17. The molecule has 5 heteroatoms. The van der Waals surface area contributed by atoms with Crippen molar-refractivity contribution in [1.82, 2.24) is 5.32 Å². The first-order valence-corrected chi connectivity index (χ1v) is 7.05. The third-order valence-electron chi connectivity index (χ3n) is 2.67. The summed E-state index contributed by atoms with van der Waals surface area (Å²) < 4.78 is 0. The van der Waals surface area contributed by atoms with Crippen molar-refractivity contribution in [2.24, 2.45) is 17.8 Å². The standard InChI is InChI=1S/C13H25NO3S/c1-8(2)5-10(7-18)12(15)14-11(13(16)17)6-9(3)4/h8-11,18H,5-7H2,1-4H3,(H,14,15)(H,16,17). The van der Waals surface area contributed by atoms with E-state index < -0.39 is 12.0 Å². The molecule has 0 aromatic carbocycles. The van der Waals surface area contributed by atoms with E-state index in [1.807, 2.05) is 27.7 Å². The smallest absolute Gasteiger partial charge is 0.326 e. The van der Waals surface area contributed by atoms with Crippen LogP contribution in [0.15, 0.2) is 0 Å². The monoisotopic (exact) mass is 275 g/mol. The highest BCUT2D eigenvalue weighted by Gasteiger charge is 2.25. The Morgan fingerprint density at radius 2 is 1.61 bits per heavy atom. The molecular formula is C13H25NO3S. The van der Waals surface area contributed by atoms with Gasteiger partial charge in [-0.1, -0.05) is 27.7 Å². The van der Waals surface area contributed by atoms with Gasteiger partial charge in [-0.2, -0.15) is 12.6 Å². The van der Waals surface area contributed by atoms with Crippen LogP contribution in [0.3, 0.4) is 0 Å². The van der Waals surface area contributed by atoms with E-state index in [-0.39, 0.29) is 17.7 Å². The van der Waals surface area contributed by atoms with Crippen molar-refractivity contribution in [2.75, 3.05) is 5.75 Å². The van der Waals surface area contributed by atoms with Gasteiger partial charge in [-0.3, -0.25) is 4.79 Å². The van der Waals surface area contributed by atoms with E-state index >= 15 is 0 Å². The Labute approximate surface area is 115 Å². The second-order valence-corrected chi connectivity index (χ2v) is 5.90. The maximum Gasteiger partial charge on any atom is 0.326 e. The van der Waals surface area contributed by atoms with Crippen molar-refractivity contribution < 1.29 is 14.7 Å². The summed E-state index contributed by atoms with van der Waals surface area (Å²) in [6, 6.07) is -0.799. The molecule has 0 saturated carbocycles. The second-order valence-electron chi connectivity index (χ2n) is 5.54. The maximum atomic E-state index is 12.0. The molecule has 0 rings (SSSR count). The average Bonchev–Trinajstić information content (AvgIpc) is 2.23. The van der Waals surface area contributed by atoms with Crippen molar-refractivity contribution in [3.63, 3.8) is 0 Å². The summed E-state index contributed by atoms with van der Waals surface area (Å²) in [4.78, 5) is 23.1. The van der Waals surface area contributed by atoms with E-state index in [9.17, 15) is 9.59 Å². The third-order valence-corrected chi connectivity index (χ3v) is 3.11. The first kappa shape index (κ1) is 17.3. The zero-order chi connectivity index (χ0) is 14.3. The quantitative estimate of drug-likeness (QED) is 0.595. The second kappa shape index (κ2) is 8.40. The van der Waals surface area contributed by atoms with Crippen LogP contribution in [0.25, 0.3) is 0 Å². The zero-order valence-corrected chi connectivity index (χ0v) is 12.5. The number of aliphatic carboxylic acids is 1. The van der Waals surface area contributed by atoms with Crippen molar-refractivity contribution in [3.05, 3.63) is 0 Å². The van der Waals surface area contributed by atoms with Crippen LogP contribution in [0.4, 0.5) is 0 Å². The molecule has 0 aromatic rings. The average molecular weight is 275 g/mol. The highest BCUT2D eigenvalue weighted by atomic mass is 32.1. The normalized spacial score (nSPS) is 14.6. The molecule has 0 saturated heterocycles. The molecule has 0 aliphatic heterocycles. The first-order valence-electron chi connectivity index (χ1n) is 6.41. The Balaban J connectivity index is 4.51. The molecule has 1 amide bonds. The van der Waals surface area contributed by atoms with Crippen LogP contribution in [0.5, 0.6) is 0 Å². The predicted octanol–water partition coefficient (Wildman–Crippen LogP) is 2.19. The molecular weight excluding hydrogens is 250 g/mol. The fourth-order valence-corrected chi connectivity index (χ4v) is 2.13. The molecule has 2 N–H and O–H groups in total. The van der Waals surface area contributed by atoms with Gasteiger partial charge < -0.3 is 10.4 Å². The summed E-state index contributed by atoms with van der Waals surface area (Å²) in [6.45, 7) is 7.94. The lowest BCUT2D eigenvalue weighted by Gasteiger charge is -2.21. The zero-order valence-electron chi connectivity index (χ0n) is 11.6. The Bertz CT molecular complexity index is 279. The number of rotatable bonds is 8. The van der Waals surface area contributed by atoms with E-state index in [2.05, 4.69) is 17.9 Å². The number of thiol groups is 1. The third kappa shape index (κ3) is 6.89. The van der Waals surface area contributed by atoms with Crippen molar-refractivity contribution >= 4 is 24.5 Å². The molecule has 0 aliphatic rings. The molecule has 0 aromatic heterocycles. The molecule has 2 unspecified atom stereocenters. The Kier molecular flexibility index (Phi) is 8.07. The molecule has 2 atom stereocenters. The van der Waals surface area contributed by atoms with Crippen LogP contribution in [0, 0.1) is 17.8 Å². The van der Waals surface area contributed by atoms with Crippen LogP contribution < -0.4 is 5.32 Å². The van der Waals surface area contributed by atoms with Gasteiger partial charge >= 0.3 is 5.97 Å². The molecule has 0 aliphatic carbocycles. The lowest BCUT2D eigenvalue weighted by Crippen LogP contribution is -2.45. The number of carboxylic acid groups (broad SMARTS) is 1. The van der Waals surface area contributed by atoms with Gasteiger partial charge in [0.15, 0.2) is 0 Å². The van der Waals surface area contributed by atoms with Crippen LogP contribution in [0.1, 0.15) is 40.5 Å². The highest BCUT2D eigenvalue weighted by molar-refractivity contribution is 7.80. The van der Waals surface area contributed by atoms with Gasteiger partial charge in [0.1, 0.15) is 6.04 Å². The molecule has 0 fully saturated rings. The van der Waals surface area contributed by atoms with Gasteiger partial charge in [0.2, 0.25) is 5.91 Å². The van der Waals surface area contributed by atoms with Crippen LogP contribution >= 0.6 is 12.6 Å². The Hall–Kier alpha value is -0.710. The summed E-state index contributed by atoms with van der Waals surface area (Å²) in [5.41, 5.74) is 0. The molecule has 0 heterocycles. The van der Waals surface area contributed by atoms with E-state index in [0.29, 0.717) is 18.1 Å². The number of amides is 1. The van der Waals surface area contributed by atoms with E-state index in [1.54, 1.807) is 0 Å². The maximum absolute atomic E-state index is 12.0. The molecule has 0 bridgehead atoms. The number of carboxylic acids is 1. The van der Waals surface area contributed by atoms with E-state index in [0.717, 1.165) is 6.42 Å². The molecule has 4 nitrogen and oxygen atoms in total. The first-order chi connectivity index (χ1) is 8.27. The molecule has 106 valence electrons. The number of carbonyl (C=O) groups is 2. The Morgan fingerprint density at radius 3 is 1.94 bits per heavy atom. The number of hydrogen-bond donors (Lipinski definition) is 3. The number of carbonyl (C=O) groups excluding carboxylic acids is 1. The van der Waals surface area contributed by atoms with Crippen molar-refractivity contribution in [3.8, 4) is 0 Å². The fourth-order valence-electron chi connectivity index (χ4n) is 1.82. The topological polar surface area (TPSA) is 66.4 Å². The van der Waals surface area contributed by atoms with Crippen molar-refractivity contribution in [1.29, 1.82) is 0 Å².